The average Bonchev–Trinajstić information content (AvgIpc) is 4.08. The normalized spacial score (nSPS) is 15.2. The highest BCUT2D eigenvalue weighted by Gasteiger charge is 2.39. The van der Waals surface area contributed by atoms with Crippen LogP contribution in [0.2, 0.25) is 0 Å². The Labute approximate surface area is 340 Å². The number of rotatable bonds is 12. The summed E-state index contributed by atoms with van der Waals surface area (Å²) in [7, 11) is 4.32. The molecule has 6 aromatic rings. The number of nitrogens with zero attached hydrogens (tertiary/aromatic N) is 7. The molecule has 3 aromatic heterocycles. The third-order valence-corrected chi connectivity index (χ3v) is 10.6. The minimum absolute atomic E-state index is 0.300. The highest BCUT2D eigenvalue weighted by atomic mass is 16.5. The number of carbonyl (C=O) groups is 4. The molecule has 59 heavy (non-hydrogen) atoms. The fourth-order valence-corrected chi connectivity index (χ4v) is 7.20. The number of likely N-dealkylation sites (N-methyl/N-ethyl adjacent to an activating group) is 2. The van der Waals surface area contributed by atoms with E-state index in [1.165, 1.54) is 19.1 Å². The van der Waals surface area contributed by atoms with Gasteiger partial charge in [0.15, 0.2) is 5.82 Å². The van der Waals surface area contributed by atoms with Crippen molar-refractivity contribution in [2.45, 2.75) is 43.9 Å². The van der Waals surface area contributed by atoms with Crippen LogP contribution >= 0.6 is 0 Å². The predicted octanol–water partition coefficient (Wildman–Crippen LogP) is 6.56. The molecule has 0 spiro atoms. The number of alkyl carbamates (subject to hydrolysis) is 1. The summed E-state index contributed by atoms with van der Waals surface area (Å²) in [6.07, 6.45) is 6.36. The largest absolute Gasteiger partial charge is 0.465 e. The van der Waals surface area contributed by atoms with Gasteiger partial charge in [0.2, 0.25) is 5.91 Å². The van der Waals surface area contributed by atoms with Gasteiger partial charge in [-0.25, -0.2) is 29.5 Å². The first-order valence-electron chi connectivity index (χ1n) is 19.0. The molecule has 302 valence electrons. The zero-order valence-electron chi connectivity index (χ0n) is 32.9. The van der Waals surface area contributed by atoms with E-state index in [1.54, 1.807) is 85.3 Å². The monoisotopic (exact) mass is 796 g/mol. The molecule has 4 heterocycles. The smallest absolute Gasteiger partial charge is 0.407 e. The summed E-state index contributed by atoms with van der Waals surface area (Å²) in [6, 6.07) is 22.9. The Balaban J connectivity index is 1.01. The van der Waals surface area contributed by atoms with Gasteiger partial charge in [0.05, 0.1) is 43.0 Å². The number of carbonyl (C=O) groups excluding carboxylic acids is 3. The number of aromatic nitrogens is 6. The molecule has 0 unspecified atom stereocenters. The number of ether oxygens (including phenoxy) is 1. The molecular formula is C43H44N10O6. The van der Waals surface area contributed by atoms with Gasteiger partial charge >= 0.3 is 12.2 Å². The number of carboxylic acid groups (broad SMARTS) is 1. The highest BCUT2D eigenvalue weighted by Crippen LogP contribution is 2.35. The number of benzene rings is 3. The number of amides is 4. The number of hydrogen-bond donors (Lipinski definition) is 4. The number of likely N-dealkylation sites (tertiary alicyclic amines) is 1. The average molecular weight is 797 g/mol. The van der Waals surface area contributed by atoms with Gasteiger partial charge < -0.3 is 34.9 Å². The molecule has 0 aliphatic carbocycles. The second-order valence-corrected chi connectivity index (χ2v) is 14.2. The van der Waals surface area contributed by atoms with E-state index < -0.39 is 30.3 Å². The Hall–Kier alpha value is -7.36. The van der Waals surface area contributed by atoms with Crippen molar-refractivity contribution >= 4 is 24.0 Å². The summed E-state index contributed by atoms with van der Waals surface area (Å²) in [5.41, 5.74) is 5.05. The van der Waals surface area contributed by atoms with Crippen molar-refractivity contribution in [2.24, 2.45) is 0 Å². The highest BCUT2D eigenvalue weighted by molar-refractivity contribution is 5.88. The number of hydrogen-bond acceptors (Lipinski definition) is 9. The van der Waals surface area contributed by atoms with Crippen LogP contribution in [0.1, 0.15) is 66.7 Å². The lowest BCUT2D eigenvalue weighted by Gasteiger charge is -2.32. The minimum atomic E-state index is -1.19. The summed E-state index contributed by atoms with van der Waals surface area (Å²) >= 11 is 0. The quantitative estimate of drug-likeness (QED) is 0.105. The SMILES string of the molecule is COC(=O)N[C@@H](C(=O)N(C)[C@@H](C)c1ncc(-c2ccc(-c3ncc(-c4cnc([C@@H]5CCCN5C(=O)[C@@H](c5ccccc5)N(C)C(=O)O)[nH]4)cn3)cc2)[nH]1)c1ccccc1. The lowest BCUT2D eigenvalue weighted by Crippen LogP contribution is -2.43. The Morgan fingerprint density at radius 2 is 1.39 bits per heavy atom. The maximum atomic E-state index is 13.9. The van der Waals surface area contributed by atoms with Gasteiger partial charge in [-0.3, -0.25) is 14.5 Å². The van der Waals surface area contributed by atoms with E-state index in [9.17, 15) is 24.3 Å². The minimum Gasteiger partial charge on any atom is -0.465 e. The zero-order valence-corrected chi connectivity index (χ0v) is 32.9. The summed E-state index contributed by atoms with van der Waals surface area (Å²) in [5.74, 6) is 1.07. The molecule has 16 nitrogen and oxygen atoms in total. The Bertz CT molecular complexity index is 2400. The van der Waals surface area contributed by atoms with Crippen molar-refractivity contribution in [1.29, 1.82) is 0 Å². The van der Waals surface area contributed by atoms with Crippen LogP contribution in [0.3, 0.4) is 0 Å². The molecule has 1 aliphatic rings. The summed E-state index contributed by atoms with van der Waals surface area (Å²) < 4.78 is 4.77. The third-order valence-electron chi connectivity index (χ3n) is 10.6. The first-order valence-corrected chi connectivity index (χ1v) is 19.0. The van der Waals surface area contributed by atoms with Crippen LogP contribution < -0.4 is 5.32 Å². The Kier molecular flexibility index (Phi) is 11.8. The van der Waals surface area contributed by atoms with E-state index in [1.807, 2.05) is 43.3 Å². The van der Waals surface area contributed by atoms with Gasteiger partial charge in [0, 0.05) is 44.2 Å². The van der Waals surface area contributed by atoms with Crippen LogP contribution in [-0.4, -0.2) is 101 Å². The van der Waals surface area contributed by atoms with Crippen LogP contribution in [0.15, 0.2) is 110 Å². The number of imidazole rings is 2. The zero-order chi connectivity index (χ0) is 41.6. The third kappa shape index (κ3) is 8.51. The molecular weight excluding hydrogens is 753 g/mol. The molecule has 7 rings (SSSR count). The maximum Gasteiger partial charge on any atom is 0.407 e. The molecule has 0 saturated carbocycles. The number of H-pyrrole nitrogens is 2. The van der Waals surface area contributed by atoms with Gasteiger partial charge in [-0.05, 0) is 36.5 Å². The Morgan fingerprint density at radius 3 is 2.03 bits per heavy atom. The molecule has 16 heteroatoms. The predicted molar refractivity (Wildman–Crippen MR) is 217 cm³/mol. The molecule has 0 bridgehead atoms. The fraction of sp³-hybridized carbons (Fsp3) is 0.256. The molecule has 1 aliphatic heterocycles. The van der Waals surface area contributed by atoms with Crippen molar-refractivity contribution in [2.75, 3.05) is 27.7 Å². The molecule has 0 radical (unpaired) electrons. The number of nitrogens with one attached hydrogen (secondary N) is 3. The molecule has 1 fully saturated rings. The van der Waals surface area contributed by atoms with Gasteiger partial charge in [0.1, 0.15) is 23.7 Å². The standard InChI is InChI=1S/C43H44N10O6/c1-26(51(2)40(54)35(50-42(56)59-4)28-12-7-5-8-13-28)37-46-24-32(48-37)27-17-19-30(20-18-27)38-44-22-31(23-45-38)33-25-47-39(49-33)34-16-11-21-53(34)41(55)36(52(3)43(57)58)29-14-9-6-10-15-29/h5-10,12-15,17-20,22-26,34-36H,11,16,21H2,1-4H3,(H,46,48)(H,47,49)(H,50,56)(H,57,58)/t26-,34-,35+,36+/m0/s1. The lowest BCUT2D eigenvalue weighted by atomic mass is 10.0. The fourth-order valence-electron chi connectivity index (χ4n) is 7.20. The van der Waals surface area contributed by atoms with Crippen LogP contribution in [-0.2, 0) is 14.3 Å². The van der Waals surface area contributed by atoms with E-state index >= 15 is 0 Å². The van der Waals surface area contributed by atoms with Gasteiger partial charge in [0.25, 0.3) is 5.91 Å². The molecule has 1 saturated heterocycles. The van der Waals surface area contributed by atoms with Crippen LogP contribution in [0.4, 0.5) is 9.59 Å². The van der Waals surface area contributed by atoms with E-state index in [2.05, 4.69) is 35.2 Å². The summed E-state index contributed by atoms with van der Waals surface area (Å²) in [4.78, 5) is 81.0. The van der Waals surface area contributed by atoms with E-state index in [4.69, 9.17) is 4.74 Å². The lowest BCUT2D eigenvalue weighted by molar-refractivity contribution is -0.137. The van der Waals surface area contributed by atoms with Gasteiger partial charge in [-0.15, -0.1) is 0 Å². The molecule has 4 atom stereocenters. The van der Waals surface area contributed by atoms with Crippen LogP contribution in [0, 0.1) is 0 Å². The van der Waals surface area contributed by atoms with Crippen molar-refractivity contribution in [1.82, 2.24) is 49.9 Å². The van der Waals surface area contributed by atoms with Gasteiger partial charge in [-0.2, -0.15) is 0 Å². The second-order valence-electron chi connectivity index (χ2n) is 14.2. The summed E-state index contributed by atoms with van der Waals surface area (Å²) in [6.45, 7) is 2.34. The first kappa shape index (κ1) is 39.9. The molecule has 4 amide bonds. The molecule has 3 aromatic carbocycles. The van der Waals surface area contributed by atoms with Crippen molar-refractivity contribution in [3.63, 3.8) is 0 Å². The number of methoxy groups -OCH3 is 1. The van der Waals surface area contributed by atoms with Crippen LogP contribution in [0.25, 0.3) is 33.9 Å². The maximum absolute atomic E-state index is 13.9. The first-order chi connectivity index (χ1) is 28.5. The molecule has 4 N–H and O–H groups in total. The van der Waals surface area contributed by atoms with E-state index in [-0.39, 0.29) is 17.9 Å². The van der Waals surface area contributed by atoms with Crippen molar-refractivity contribution < 1.29 is 29.0 Å². The van der Waals surface area contributed by atoms with Gasteiger partial charge in [-0.1, -0.05) is 84.9 Å². The van der Waals surface area contributed by atoms with Crippen molar-refractivity contribution in [3.05, 3.63) is 132 Å². The Morgan fingerprint density at radius 1 is 0.780 bits per heavy atom. The second kappa shape index (κ2) is 17.4. The summed E-state index contributed by atoms with van der Waals surface area (Å²) in [5, 5.41) is 12.4. The van der Waals surface area contributed by atoms with E-state index in [0.29, 0.717) is 52.8 Å². The topological polar surface area (TPSA) is 203 Å². The van der Waals surface area contributed by atoms with Crippen LogP contribution in [0.5, 0.6) is 0 Å². The number of aromatic amines is 2. The van der Waals surface area contributed by atoms with Crippen molar-refractivity contribution in [3.8, 4) is 33.9 Å². The van der Waals surface area contributed by atoms with E-state index in [0.717, 1.165) is 28.1 Å².